The van der Waals surface area contributed by atoms with E-state index in [1.165, 1.54) is 5.56 Å². The molecule has 5 rings (SSSR count). The molecule has 7 heteroatoms. The van der Waals surface area contributed by atoms with E-state index in [9.17, 15) is 4.79 Å². The SMILES string of the molecule is CN(C)c1nc(N[C@H]2CC[C@@H](NC(=O)C3Cc4ccccc4N3)CC2)nc2ccccc12. The Labute approximate surface area is 188 Å². The van der Waals surface area contributed by atoms with E-state index < -0.39 is 0 Å². The molecule has 3 aromatic rings. The molecular formula is C25H30N6O. The summed E-state index contributed by atoms with van der Waals surface area (Å²) in [5.74, 6) is 1.70. The Bertz CT molecular complexity index is 1100. The van der Waals surface area contributed by atoms with Crippen molar-refractivity contribution < 1.29 is 4.79 Å². The predicted octanol–water partition coefficient (Wildman–Crippen LogP) is 3.57. The third kappa shape index (κ3) is 4.20. The normalized spacial score (nSPS) is 22.1. The third-order valence-electron chi connectivity index (χ3n) is 6.50. The van der Waals surface area contributed by atoms with E-state index in [4.69, 9.17) is 9.97 Å². The summed E-state index contributed by atoms with van der Waals surface area (Å²) in [5, 5.41) is 11.2. The number of carbonyl (C=O) groups excluding carboxylic acids is 1. The lowest BCUT2D eigenvalue weighted by Gasteiger charge is -2.30. The van der Waals surface area contributed by atoms with Crippen LogP contribution in [0.1, 0.15) is 31.2 Å². The van der Waals surface area contributed by atoms with Gasteiger partial charge in [0.15, 0.2) is 0 Å². The van der Waals surface area contributed by atoms with Gasteiger partial charge in [-0.15, -0.1) is 0 Å². The molecule has 32 heavy (non-hydrogen) atoms. The fourth-order valence-corrected chi connectivity index (χ4v) is 4.79. The van der Waals surface area contributed by atoms with Gasteiger partial charge in [0.1, 0.15) is 11.9 Å². The molecule has 1 aliphatic heterocycles. The molecule has 2 heterocycles. The summed E-state index contributed by atoms with van der Waals surface area (Å²) in [6, 6.07) is 16.6. The van der Waals surface area contributed by atoms with Gasteiger partial charge in [-0.05, 0) is 49.4 Å². The summed E-state index contributed by atoms with van der Waals surface area (Å²) in [6.45, 7) is 0. The van der Waals surface area contributed by atoms with E-state index >= 15 is 0 Å². The number of amides is 1. The monoisotopic (exact) mass is 430 g/mol. The Morgan fingerprint density at radius 1 is 0.969 bits per heavy atom. The minimum absolute atomic E-state index is 0.103. The Morgan fingerprint density at radius 2 is 1.69 bits per heavy atom. The second-order valence-electron chi connectivity index (χ2n) is 9.04. The quantitative estimate of drug-likeness (QED) is 0.574. The summed E-state index contributed by atoms with van der Waals surface area (Å²) in [5.41, 5.74) is 3.24. The summed E-state index contributed by atoms with van der Waals surface area (Å²) >= 11 is 0. The zero-order chi connectivity index (χ0) is 22.1. The van der Waals surface area contributed by atoms with Gasteiger partial charge in [0.05, 0.1) is 5.52 Å². The highest BCUT2D eigenvalue weighted by atomic mass is 16.2. The molecule has 0 bridgehead atoms. The number of nitrogens with one attached hydrogen (secondary N) is 3. The molecule has 2 aromatic carbocycles. The topological polar surface area (TPSA) is 82.2 Å². The number of rotatable bonds is 5. The number of carbonyl (C=O) groups is 1. The van der Waals surface area contributed by atoms with Crippen LogP contribution in [0.4, 0.5) is 17.5 Å². The van der Waals surface area contributed by atoms with Crippen molar-refractivity contribution in [1.82, 2.24) is 15.3 Å². The fourth-order valence-electron chi connectivity index (χ4n) is 4.79. The number of benzene rings is 2. The first kappa shape index (κ1) is 20.5. The van der Waals surface area contributed by atoms with Crippen LogP contribution in [0.3, 0.4) is 0 Å². The fraction of sp³-hybridized carbons (Fsp3) is 0.400. The highest BCUT2D eigenvalue weighted by Gasteiger charge is 2.29. The van der Waals surface area contributed by atoms with Crippen molar-refractivity contribution in [1.29, 1.82) is 0 Å². The number of aromatic nitrogens is 2. The van der Waals surface area contributed by atoms with E-state index in [0.29, 0.717) is 12.0 Å². The van der Waals surface area contributed by atoms with E-state index in [1.807, 2.05) is 55.4 Å². The average Bonchev–Trinajstić information content (AvgIpc) is 3.24. The van der Waals surface area contributed by atoms with Gasteiger partial charge in [-0.3, -0.25) is 4.79 Å². The molecule has 1 aliphatic carbocycles. The van der Waals surface area contributed by atoms with Crippen LogP contribution >= 0.6 is 0 Å². The summed E-state index contributed by atoms with van der Waals surface area (Å²) in [4.78, 5) is 24.3. The minimum atomic E-state index is -0.168. The molecule has 0 radical (unpaired) electrons. The van der Waals surface area contributed by atoms with Gasteiger partial charge in [-0.1, -0.05) is 30.3 Å². The van der Waals surface area contributed by atoms with Gasteiger partial charge < -0.3 is 20.9 Å². The summed E-state index contributed by atoms with van der Waals surface area (Å²) in [7, 11) is 4.01. The van der Waals surface area contributed by atoms with Crippen molar-refractivity contribution in [2.45, 2.75) is 50.2 Å². The molecule has 1 fully saturated rings. The number of para-hydroxylation sites is 2. The van der Waals surface area contributed by atoms with Crippen LogP contribution in [0.2, 0.25) is 0 Å². The highest BCUT2D eigenvalue weighted by molar-refractivity contribution is 5.90. The molecule has 0 spiro atoms. The van der Waals surface area contributed by atoms with E-state index in [-0.39, 0.29) is 18.0 Å². The maximum Gasteiger partial charge on any atom is 0.243 e. The number of anilines is 3. The van der Waals surface area contributed by atoms with Crippen LogP contribution in [0.25, 0.3) is 10.9 Å². The first-order valence-electron chi connectivity index (χ1n) is 11.4. The number of fused-ring (bicyclic) bond motifs is 2. The Balaban J connectivity index is 1.17. The van der Waals surface area contributed by atoms with Crippen LogP contribution in [0, 0.1) is 0 Å². The Kier molecular flexibility index (Phi) is 5.55. The van der Waals surface area contributed by atoms with Gasteiger partial charge in [-0.25, -0.2) is 4.98 Å². The van der Waals surface area contributed by atoms with E-state index in [2.05, 4.69) is 28.1 Å². The smallest absolute Gasteiger partial charge is 0.243 e. The van der Waals surface area contributed by atoms with E-state index in [1.54, 1.807) is 0 Å². The molecular weight excluding hydrogens is 400 g/mol. The van der Waals surface area contributed by atoms with Gasteiger partial charge in [-0.2, -0.15) is 4.98 Å². The molecule has 2 aliphatic rings. The van der Waals surface area contributed by atoms with Crippen molar-refractivity contribution in [2.75, 3.05) is 29.6 Å². The molecule has 1 amide bonds. The maximum atomic E-state index is 12.8. The van der Waals surface area contributed by atoms with Gasteiger partial charge in [0.25, 0.3) is 0 Å². The molecule has 1 aromatic heterocycles. The molecule has 1 saturated carbocycles. The molecule has 1 atom stereocenters. The number of nitrogens with zero attached hydrogens (tertiary/aromatic N) is 3. The van der Waals surface area contributed by atoms with Crippen LogP contribution in [-0.2, 0) is 11.2 Å². The summed E-state index contributed by atoms with van der Waals surface area (Å²) < 4.78 is 0. The molecule has 0 saturated heterocycles. The lowest BCUT2D eigenvalue weighted by atomic mass is 9.91. The zero-order valence-electron chi connectivity index (χ0n) is 18.6. The van der Waals surface area contributed by atoms with Gasteiger partial charge >= 0.3 is 0 Å². The minimum Gasteiger partial charge on any atom is -0.373 e. The molecule has 7 nitrogen and oxygen atoms in total. The lowest BCUT2D eigenvalue weighted by molar-refractivity contribution is -0.122. The standard InChI is InChI=1S/C25H30N6O/c1-31(2)23-19-8-4-6-10-21(19)29-25(30-23)27-18-13-11-17(12-14-18)26-24(32)22-15-16-7-3-5-9-20(16)28-22/h3-10,17-18,22,28H,11-15H2,1-2H3,(H,26,32)(H,27,29,30)/t17-,18+,22?. The number of hydrogen-bond donors (Lipinski definition) is 3. The largest absolute Gasteiger partial charge is 0.373 e. The second-order valence-corrected chi connectivity index (χ2v) is 9.04. The van der Waals surface area contributed by atoms with Crippen LogP contribution in [-0.4, -0.2) is 48.1 Å². The number of hydrogen-bond acceptors (Lipinski definition) is 6. The van der Waals surface area contributed by atoms with Crippen molar-refractivity contribution >= 4 is 34.3 Å². The second kappa shape index (κ2) is 8.65. The molecule has 166 valence electrons. The van der Waals surface area contributed by atoms with E-state index in [0.717, 1.165) is 54.5 Å². The predicted molar refractivity (Wildman–Crippen MR) is 129 cm³/mol. The van der Waals surface area contributed by atoms with Crippen LogP contribution < -0.4 is 20.9 Å². The first-order chi connectivity index (χ1) is 15.6. The highest BCUT2D eigenvalue weighted by Crippen LogP contribution is 2.28. The zero-order valence-corrected chi connectivity index (χ0v) is 18.6. The van der Waals surface area contributed by atoms with Crippen LogP contribution in [0.15, 0.2) is 48.5 Å². The third-order valence-corrected chi connectivity index (χ3v) is 6.50. The molecule has 1 unspecified atom stereocenters. The van der Waals surface area contributed by atoms with Crippen molar-refractivity contribution in [3.63, 3.8) is 0 Å². The van der Waals surface area contributed by atoms with Gasteiger partial charge in [0, 0.05) is 43.7 Å². The van der Waals surface area contributed by atoms with Crippen molar-refractivity contribution in [3.8, 4) is 0 Å². The average molecular weight is 431 g/mol. The van der Waals surface area contributed by atoms with Crippen molar-refractivity contribution in [2.24, 2.45) is 0 Å². The van der Waals surface area contributed by atoms with Gasteiger partial charge in [0.2, 0.25) is 11.9 Å². The lowest BCUT2D eigenvalue weighted by Crippen LogP contribution is -2.46. The van der Waals surface area contributed by atoms with Crippen molar-refractivity contribution in [3.05, 3.63) is 54.1 Å². The Hall–Kier alpha value is -3.35. The Morgan fingerprint density at radius 3 is 2.47 bits per heavy atom. The molecule has 3 N–H and O–H groups in total. The maximum absolute atomic E-state index is 12.8. The van der Waals surface area contributed by atoms with Crippen LogP contribution in [0.5, 0.6) is 0 Å². The summed E-state index contributed by atoms with van der Waals surface area (Å²) in [6.07, 6.45) is 4.63. The first-order valence-corrected chi connectivity index (χ1v) is 11.4.